The van der Waals surface area contributed by atoms with Gasteiger partial charge in [0.15, 0.2) is 0 Å². The van der Waals surface area contributed by atoms with Gasteiger partial charge in [-0.25, -0.2) is 0 Å². The third-order valence-electron chi connectivity index (χ3n) is 3.49. The summed E-state index contributed by atoms with van der Waals surface area (Å²) in [5.74, 6) is 0. The first-order chi connectivity index (χ1) is 9.63. The van der Waals surface area contributed by atoms with Gasteiger partial charge in [-0.2, -0.15) is 0 Å². The van der Waals surface area contributed by atoms with Crippen LogP contribution >= 0.6 is 11.3 Å². The summed E-state index contributed by atoms with van der Waals surface area (Å²) in [6.45, 7) is 0.697. The molecule has 3 rings (SSSR count). The maximum Gasteiger partial charge on any atom is 0.0707 e. The molecule has 1 atom stereocenters. The van der Waals surface area contributed by atoms with Crippen molar-refractivity contribution in [2.24, 2.45) is 0 Å². The van der Waals surface area contributed by atoms with Gasteiger partial charge in [-0.05, 0) is 44.3 Å². The first-order valence-corrected chi connectivity index (χ1v) is 7.68. The Kier molecular flexibility index (Phi) is 3.74. The Morgan fingerprint density at radius 1 is 1.05 bits per heavy atom. The van der Waals surface area contributed by atoms with Gasteiger partial charge in [0.05, 0.1) is 6.10 Å². The summed E-state index contributed by atoms with van der Waals surface area (Å²) in [5.41, 5.74) is 1.20. The van der Waals surface area contributed by atoms with Gasteiger partial charge in [0, 0.05) is 26.7 Å². The summed E-state index contributed by atoms with van der Waals surface area (Å²) < 4.78 is 2.64. The molecule has 1 N–H and O–H groups in total. The highest BCUT2D eigenvalue weighted by Crippen LogP contribution is 2.34. The Balaban J connectivity index is 1.95. The SMILES string of the molecule is CN(C)CC(O)Cc1ccc2sc3ccccc3c2c1. The van der Waals surface area contributed by atoms with Crippen molar-refractivity contribution in [2.45, 2.75) is 12.5 Å². The van der Waals surface area contributed by atoms with Crippen LogP contribution in [0.4, 0.5) is 0 Å². The average molecular weight is 285 g/mol. The lowest BCUT2D eigenvalue weighted by Crippen LogP contribution is -2.27. The Bertz CT molecular complexity index is 732. The highest BCUT2D eigenvalue weighted by Gasteiger charge is 2.09. The van der Waals surface area contributed by atoms with Crippen molar-refractivity contribution in [1.29, 1.82) is 0 Å². The fourth-order valence-electron chi connectivity index (χ4n) is 2.66. The Labute approximate surface area is 123 Å². The van der Waals surface area contributed by atoms with E-state index in [9.17, 15) is 5.11 Å². The summed E-state index contributed by atoms with van der Waals surface area (Å²) >= 11 is 1.83. The topological polar surface area (TPSA) is 23.5 Å². The van der Waals surface area contributed by atoms with Crippen LogP contribution in [0.1, 0.15) is 5.56 Å². The highest BCUT2D eigenvalue weighted by atomic mass is 32.1. The third kappa shape index (κ3) is 2.70. The molecule has 3 heteroatoms. The maximum absolute atomic E-state index is 10.1. The lowest BCUT2D eigenvalue weighted by Gasteiger charge is -2.15. The van der Waals surface area contributed by atoms with E-state index in [2.05, 4.69) is 42.5 Å². The molecule has 2 aromatic carbocycles. The number of rotatable bonds is 4. The monoisotopic (exact) mass is 285 g/mol. The van der Waals surface area contributed by atoms with E-state index in [4.69, 9.17) is 0 Å². The minimum absolute atomic E-state index is 0.313. The largest absolute Gasteiger partial charge is 0.391 e. The van der Waals surface area contributed by atoms with Gasteiger partial charge in [0.2, 0.25) is 0 Å². The number of aliphatic hydroxyl groups excluding tert-OH is 1. The maximum atomic E-state index is 10.1. The molecule has 0 spiro atoms. The highest BCUT2D eigenvalue weighted by molar-refractivity contribution is 7.25. The number of aliphatic hydroxyl groups is 1. The van der Waals surface area contributed by atoms with Crippen LogP contribution in [0.3, 0.4) is 0 Å². The number of hydrogen-bond acceptors (Lipinski definition) is 3. The molecule has 0 saturated heterocycles. The average Bonchev–Trinajstić information content (AvgIpc) is 2.76. The summed E-state index contributed by atoms with van der Waals surface area (Å²) in [6, 6.07) is 15.1. The molecule has 0 aliphatic rings. The third-order valence-corrected chi connectivity index (χ3v) is 4.64. The van der Waals surface area contributed by atoms with Crippen molar-refractivity contribution in [3.05, 3.63) is 48.0 Å². The van der Waals surface area contributed by atoms with E-state index >= 15 is 0 Å². The molecule has 0 radical (unpaired) electrons. The Morgan fingerprint density at radius 2 is 1.80 bits per heavy atom. The standard InChI is InChI=1S/C17H19NOS/c1-18(2)11-13(19)9-12-7-8-17-15(10-12)14-5-3-4-6-16(14)20-17/h3-8,10,13,19H,9,11H2,1-2H3. The van der Waals surface area contributed by atoms with Gasteiger partial charge in [0.25, 0.3) is 0 Å². The van der Waals surface area contributed by atoms with Crippen LogP contribution < -0.4 is 0 Å². The zero-order chi connectivity index (χ0) is 14.1. The van der Waals surface area contributed by atoms with Gasteiger partial charge >= 0.3 is 0 Å². The van der Waals surface area contributed by atoms with E-state index in [1.165, 1.54) is 25.7 Å². The summed E-state index contributed by atoms with van der Waals surface area (Å²) in [4.78, 5) is 2.02. The Hall–Kier alpha value is -1.42. The van der Waals surface area contributed by atoms with E-state index < -0.39 is 0 Å². The minimum atomic E-state index is -0.313. The van der Waals surface area contributed by atoms with Crippen LogP contribution in [0.5, 0.6) is 0 Å². The number of benzene rings is 2. The summed E-state index contributed by atoms with van der Waals surface area (Å²) in [5, 5.41) is 12.7. The van der Waals surface area contributed by atoms with Gasteiger partial charge in [0.1, 0.15) is 0 Å². The normalized spacial score (nSPS) is 13.4. The van der Waals surface area contributed by atoms with Crippen molar-refractivity contribution in [2.75, 3.05) is 20.6 Å². The Morgan fingerprint density at radius 3 is 2.60 bits per heavy atom. The van der Waals surface area contributed by atoms with E-state index in [1.54, 1.807) is 0 Å². The zero-order valence-electron chi connectivity index (χ0n) is 11.8. The first-order valence-electron chi connectivity index (χ1n) is 6.86. The fraction of sp³-hybridized carbons (Fsp3) is 0.294. The first kappa shape index (κ1) is 13.6. The van der Waals surface area contributed by atoms with E-state index in [-0.39, 0.29) is 6.10 Å². The van der Waals surface area contributed by atoms with Crippen LogP contribution in [-0.4, -0.2) is 36.8 Å². The second-order valence-corrected chi connectivity index (χ2v) is 6.63. The zero-order valence-corrected chi connectivity index (χ0v) is 12.7. The van der Waals surface area contributed by atoms with Crippen LogP contribution in [0.15, 0.2) is 42.5 Å². The molecule has 1 unspecified atom stereocenters. The predicted octanol–water partition coefficient (Wildman–Crippen LogP) is 3.52. The molecule has 1 heterocycles. The molecule has 0 saturated carbocycles. The van der Waals surface area contributed by atoms with Gasteiger partial charge in [-0.3, -0.25) is 0 Å². The molecule has 0 bridgehead atoms. The quantitative estimate of drug-likeness (QED) is 0.793. The molecule has 0 amide bonds. The molecule has 104 valence electrons. The molecule has 2 nitrogen and oxygen atoms in total. The smallest absolute Gasteiger partial charge is 0.0707 e. The fourth-order valence-corrected chi connectivity index (χ4v) is 3.74. The predicted molar refractivity (Wildman–Crippen MR) is 87.6 cm³/mol. The molecular formula is C17H19NOS. The lowest BCUT2D eigenvalue weighted by atomic mass is 10.0. The minimum Gasteiger partial charge on any atom is -0.391 e. The van der Waals surface area contributed by atoms with Crippen molar-refractivity contribution in [3.8, 4) is 0 Å². The van der Waals surface area contributed by atoms with Crippen molar-refractivity contribution >= 4 is 31.5 Å². The molecule has 0 aliphatic heterocycles. The van der Waals surface area contributed by atoms with Crippen LogP contribution in [0.25, 0.3) is 20.2 Å². The molecular weight excluding hydrogens is 266 g/mol. The van der Waals surface area contributed by atoms with Crippen LogP contribution in [0, 0.1) is 0 Å². The van der Waals surface area contributed by atoms with Gasteiger partial charge in [-0.1, -0.05) is 24.3 Å². The summed E-state index contributed by atoms with van der Waals surface area (Å²) in [7, 11) is 3.97. The van der Waals surface area contributed by atoms with Gasteiger partial charge < -0.3 is 10.0 Å². The van der Waals surface area contributed by atoms with Crippen molar-refractivity contribution in [1.82, 2.24) is 4.90 Å². The van der Waals surface area contributed by atoms with Crippen LogP contribution in [-0.2, 0) is 6.42 Å². The second kappa shape index (κ2) is 5.52. The molecule has 20 heavy (non-hydrogen) atoms. The van der Waals surface area contributed by atoms with Gasteiger partial charge in [-0.15, -0.1) is 11.3 Å². The van der Waals surface area contributed by atoms with Crippen LogP contribution in [0.2, 0.25) is 0 Å². The number of hydrogen-bond donors (Lipinski definition) is 1. The van der Waals surface area contributed by atoms with E-state index in [0.29, 0.717) is 13.0 Å². The summed E-state index contributed by atoms with van der Waals surface area (Å²) in [6.07, 6.45) is 0.394. The van der Waals surface area contributed by atoms with Crippen molar-refractivity contribution in [3.63, 3.8) is 0 Å². The number of thiophene rings is 1. The number of likely N-dealkylation sites (N-methyl/N-ethyl adjacent to an activating group) is 1. The van der Waals surface area contributed by atoms with Crippen molar-refractivity contribution < 1.29 is 5.11 Å². The molecule has 0 fully saturated rings. The van der Waals surface area contributed by atoms with E-state index in [1.807, 2.05) is 30.3 Å². The molecule has 0 aliphatic carbocycles. The molecule has 1 aromatic heterocycles. The number of fused-ring (bicyclic) bond motifs is 3. The number of nitrogens with zero attached hydrogens (tertiary/aromatic N) is 1. The molecule has 3 aromatic rings. The lowest BCUT2D eigenvalue weighted by molar-refractivity contribution is 0.137. The van der Waals surface area contributed by atoms with E-state index in [0.717, 1.165) is 0 Å². The second-order valence-electron chi connectivity index (χ2n) is 5.55.